The van der Waals surface area contributed by atoms with Gasteiger partial charge >= 0.3 is 11.9 Å². The second-order valence-corrected chi connectivity index (χ2v) is 5.61. The third-order valence-corrected chi connectivity index (χ3v) is 3.83. The van der Waals surface area contributed by atoms with Crippen LogP contribution in [0.5, 0.6) is 5.75 Å². The van der Waals surface area contributed by atoms with Crippen LogP contribution in [0.1, 0.15) is 28.5 Å². The highest BCUT2D eigenvalue weighted by molar-refractivity contribution is 7.13. The molecule has 25 heavy (non-hydrogen) atoms. The van der Waals surface area contributed by atoms with Crippen LogP contribution >= 0.6 is 11.3 Å². The summed E-state index contributed by atoms with van der Waals surface area (Å²) >= 11 is 1.28. The van der Waals surface area contributed by atoms with E-state index in [-0.39, 0.29) is 18.0 Å². The highest BCUT2D eigenvalue weighted by Crippen LogP contribution is 2.18. The summed E-state index contributed by atoms with van der Waals surface area (Å²) in [4.78, 5) is 26.9. The summed E-state index contributed by atoms with van der Waals surface area (Å²) in [6, 6.07) is 4.67. The van der Waals surface area contributed by atoms with Gasteiger partial charge in [-0.1, -0.05) is 0 Å². The third kappa shape index (κ3) is 5.28. The Kier molecular flexibility index (Phi) is 6.47. The molecule has 0 aliphatic heterocycles. The first kappa shape index (κ1) is 18.4. The molecular weight excluding hydrogens is 346 g/mol. The number of benzene rings is 1. The first-order chi connectivity index (χ1) is 12.0. The predicted octanol–water partition coefficient (Wildman–Crippen LogP) is 2.40. The normalized spacial score (nSPS) is 10.6. The van der Waals surface area contributed by atoms with Gasteiger partial charge in [-0.3, -0.25) is 10.2 Å². The van der Waals surface area contributed by atoms with E-state index in [1.807, 2.05) is 0 Å². The van der Waals surface area contributed by atoms with Gasteiger partial charge in [0.05, 0.1) is 37.6 Å². The number of thiazole rings is 1. The van der Waals surface area contributed by atoms with E-state index < -0.39 is 5.97 Å². The first-order valence-corrected chi connectivity index (χ1v) is 8.22. The molecule has 0 saturated carbocycles. The summed E-state index contributed by atoms with van der Waals surface area (Å²) in [7, 11) is 1.46. The largest absolute Gasteiger partial charge is 0.497 e. The Hall–Kier alpha value is -2.94. The minimum absolute atomic E-state index is 0.0760. The highest BCUT2D eigenvalue weighted by Gasteiger charge is 2.10. The van der Waals surface area contributed by atoms with Gasteiger partial charge in [0.1, 0.15) is 5.75 Å². The first-order valence-electron chi connectivity index (χ1n) is 7.34. The zero-order valence-electron chi connectivity index (χ0n) is 13.7. The predicted molar refractivity (Wildman–Crippen MR) is 93.6 cm³/mol. The Labute approximate surface area is 148 Å². The third-order valence-electron chi connectivity index (χ3n) is 3.04. The Morgan fingerprint density at radius 2 is 2.24 bits per heavy atom. The van der Waals surface area contributed by atoms with Crippen molar-refractivity contribution >= 4 is 34.6 Å². The maximum atomic E-state index is 11.4. The Balaban J connectivity index is 2.03. The summed E-state index contributed by atoms with van der Waals surface area (Å²) in [5.41, 5.74) is 3.79. The lowest BCUT2D eigenvalue weighted by atomic mass is 10.1. The van der Waals surface area contributed by atoms with Gasteiger partial charge < -0.3 is 14.6 Å². The summed E-state index contributed by atoms with van der Waals surface area (Å²) in [6.45, 7) is 2.07. The number of hydrogen-bond acceptors (Lipinski definition) is 8. The van der Waals surface area contributed by atoms with Crippen molar-refractivity contribution in [1.82, 2.24) is 4.98 Å². The molecule has 0 spiro atoms. The van der Waals surface area contributed by atoms with Crippen molar-refractivity contribution in [1.29, 1.82) is 0 Å². The van der Waals surface area contributed by atoms with Crippen LogP contribution in [0.3, 0.4) is 0 Å². The quantitative estimate of drug-likeness (QED) is 0.421. The SMILES string of the molecule is CCOC(=O)Cc1csc(NN=Cc2ccc(OC)cc2C(=O)O)n1. The molecule has 0 aliphatic rings. The van der Waals surface area contributed by atoms with Gasteiger partial charge in [0.2, 0.25) is 5.13 Å². The summed E-state index contributed by atoms with van der Waals surface area (Å²) < 4.78 is 9.87. The maximum Gasteiger partial charge on any atom is 0.336 e. The number of aromatic carboxylic acids is 1. The number of anilines is 1. The number of methoxy groups -OCH3 is 1. The molecule has 0 amide bonds. The lowest BCUT2D eigenvalue weighted by molar-refractivity contribution is -0.142. The Bertz CT molecular complexity index is 788. The topological polar surface area (TPSA) is 110 Å². The molecule has 1 heterocycles. The fourth-order valence-corrected chi connectivity index (χ4v) is 2.58. The van der Waals surface area contributed by atoms with Gasteiger partial charge in [-0.05, 0) is 25.1 Å². The summed E-state index contributed by atoms with van der Waals surface area (Å²) in [5, 5.41) is 15.4. The van der Waals surface area contributed by atoms with Crippen molar-refractivity contribution in [2.45, 2.75) is 13.3 Å². The summed E-state index contributed by atoms with van der Waals surface area (Å²) in [5.74, 6) is -0.968. The van der Waals surface area contributed by atoms with Gasteiger partial charge in [0.15, 0.2) is 0 Å². The van der Waals surface area contributed by atoms with Crippen molar-refractivity contribution in [2.24, 2.45) is 5.10 Å². The lowest BCUT2D eigenvalue weighted by Crippen LogP contribution is -2.07. The molecule has 8 nitrogen and oxygen atoms in total. The minimum Gasteiger partial charge on any atom is -0.497 e. The minimum atomic E-state index is -1.08. The van der Waals surface area contributed by atoms with Crippen LogP contribution in [-0.4, -0.2) is 42.0 Å². The fraction of sp³-hybridized carbons (Fsp3) is 0.250. The molecular formula is C16H17N3O5S. The van der Waals surface area contributed by atoms with E-state index in [0.717, 1.165) is 0 Å². The van der Waals surface area contributed by atoms with Crippen molar-refractivity contribution in [3.63, 3.8) is 0 Å². The van der Waals surface area contributed by atoms with Gasteiger partial charge in [0.25, 0.3) is 0 Å². The van der Waals surface area contributed by atoms with E-state index in [1.54, 1.807) is 24.4 Å². The molecule has 0 bridgehead atoms. The van der Waals surface area contributed by atoms with Gasteiger partial charge in [-0.25, -0.2) is 9.78 Å². The number of hydrazone groups is 1. The van der Waals surface area contributed by atoms with Crippen molar-refractivity contribution in [3.05, 3.63) is 40.4 Å². The molecule has 0 atom stereocenters. The monoisotopic (exact) mass is 363 g/mol. The Morgan fingerprint density at radius 1 is 1.44 bits per heavy atom. The lowest BCUT2D eigenvalue weighted by Gasteiger charge is -2.04. The second kappa shape index (κ2) is 8.78. The molecule has 2 rings (SSSR count). The number of hydrogen-bond donors (Lipinski definition) is 2. The fourth-order valence-electron chi connectivity index (χ4n) is 1.92. The Morgan fingerprint density at radius 3 is 2.92 bits per heavy atom. The average Bonchev–Trinajstić information content (AvgIpc) is 3.02. The molecule has 0 aliphatic carbocycles. The number of nitrogens with zero attached hydrogens (tertiary/aromatic N) is 2. The number of carbonyl (C=O) groups is 2. The number of aromatic nitrogens is 1. The standard InChI is InChI=1S/C16H17N3O5S/c1-3-24-14(20)6-11-9-25-16(18-11)19-17-8-10-4-5-12(23-2)7-13(10)15(21)22/h4-5,7-9H,3,6H2,1-2H3,(H,18,19)(H,21,22). The molecule has 0 unspecified atom stereocenters. The maximum absolute atomic E-state index is 11.4. The molecule has 132 valence electrons. The van der Waals surface area contributed by atoms with Crippen LogP contribution in [0, 0.1) is 0 Å². The number of rotatable bonds is 8. The van der Waals surface area contributed by atoms with Gasteiger partial charge in [-0.2, -0.15) is 5.10 Å². The number of nitrogens with one attached hydrogen (secondary N) is 1. The molecule has 0 saturated heterocycles. The van der Waals surface area contributed by atoms with Crippen LogP contribution in [0.25, 0.3) is 0 Å². The molecule has 2 N–H and O–H groups in total. The van der Waals surface area contributed by atoms with Crippen LogP contribution in [0.2, 0.25) is 0 Å². The number of ether oxygens (including phenoxy) is 2. The number of carboxylic acid groups (broad SMARTS) is 1. The van der Waals surface area contributed by atoms with E-state index in [9.17, 15) is 14.7 Å². The molecule has 1 aromatic heterocycles. The zero-order valence-corrected chi connectivity index (χ0v) is 14.5. The van der Waals surface area contributed by atoms with E-state index in [2.05, 4.69) is 15.5 Å². The molecule has 0 radical (unpaired) electrons. The van der Waals surface area contributed by atoms with E-state index in [4.69, 9.17) is 9.47 Å². The van der Waals surface area contributed by atoms with Crippen LogP contribution in [0.15, 0.2) is 28.7 Å². The van der Waals surface area contributed by atoms with E-state index in [0.29, 0.717) is 28.7 Å². The molecule has 0 fully saturated rings. The molecule has 2 aromatic rings. The van der Waals surface area contributed by atoms with Crippen molar-refractivity contribution in [2.75, 3.05) is 19.1 Å². The van der Waals surface area contributed by atoms with E-state index >= 15 is 0 Å². The molecule has 1 aromatic carbocycles. The van der Waals surface area contributed by atoms with Crippen LogP contribution in [0.4, 0.5) is 5.13 Å². The average molecular weight is 363 g/mol. The smallest absolute Gasteiger partial charge is 0.336 e. The van der Waals surface area contributed by atoms with Crippen LogP contribution < -0.4 is 10.2 Å². The number of esters is 1. The second-order valence-electron chi connectivity index (χ2n) is 4.75. The van der Waals surface area contributed by atoms with Crippen molar-refractivity contribution in [3.8, 4) is 5.75 Å². The summed E-state index contributed by atoms with van der Waals surface area (Å²) in [6.07, 6.45) is 1.48. The zero-order chi connectivity index (χ0) is 18.2. The van der Waals surface area contributed by atoms with Crippen LogP contribution in [-0.2, 0) is 16.0 Å². The number of carboxylic acids is 1. The van der Waals surface area contributed by atoms with Gasteiger partial charge in [-0.15, -0.1) is 11.3 Å². The van der Waals surface area contributed by atoms with Crippen molar-refractivity contribution < 1.29 is 24.2 Å². The number of carbonyl (C=O) groups excluding carboxylic acids is 1. The van der Waals surface area contributed by atoms with Gasteiger partial charge in [0, 0.05) is 10.9 Å². The highest BCUT2D eigenvalue weighted by atomic mass is 32.1. The van der Waals surface area contributed by atoms with E-state index in [1.165, 1.54) is 30.7 Å². The molecule has 9 heteroatoms.